The predicted octanol–water partition coefficient (Wildman–Crippen LogP) is 1.08. The second-order valence-corrected chi connectivity index (χ2v) is 6.02. The Labute approximate surface area is 111 Å². The van der Waals surface area contributed by atoms with Crippen LogP contribution in [0.25, 0.3) is 0 Å². The topological polar surface area (TPSA) is 89.3 Å². The molecule has 0 unspecified atom stereocenters. The van der Waals surface area contributed by atoms with Crippen LogP contribution in [-0.4, -0.2) is 26.0 Å². The number of anilines is 1. The van der Waals surface area contributed by atoms with Crippen molar-refractivity contribution in [3.63, 3.8) is 0 Å². The first kappa shape index (κ1) is 14.8. The Balaban J connectivity index is 2.66. The van der Waals surface area contributed by atoms with Crippen LogP contribution in [0.1, 0.15) is 12.0 Å². The van der Waals surface area contributed by atoms with Gasteiger partial charge in [0.05, 0.1) is 12.2 Å². The molecule has 1 aromatic rings. The molecule has 0 atom stereocenters. The van der Waals surface area contributed by atoms with E-state index in [0.29, 0.717) is 18.0 Å². The number of sulfonamides is 1. The standard InChI is InChI=1S/C11H15ClN2O3S/c12-6-1-7-18(16,17)14-10-4-2-9(3-5-10)8-11(13)15/h2-5,14H,1,6-8H2,(H2,13,15). The largest absolute Gasteiger partial charge is 0.369 e. The third kappa shape index (κ3) is 5.37. The molecule has 0 heterocycles. The predicted molar refractivity (Wildman–Crippen MR) is 72.1 cm³/mol. The lowest BCUT2D eigenvalue weighted by molar-refractivity contribution is -0.117. The highest BCUT2D eigenvalue weighted by molar-refractivity contribution is 7.92. The van der Waals surface area contributed by atoms with Gasteiger partial charge in [0.1, 0.15) is 0 Å². The van der Waals surface area contributed by atoms with E-state index in [0.717, 1.165) is 5.56 Å². The minimum absolute atomic E-state index is 0.0143. The summed E-state index contributed by atoms with van der Waals surface area (Å²) in [5.41, 5.74) is 6.25. The lowest BCUT2D eigenvalue weighted by Gasteiger charge is -2.07. The number of carbonyl (C=O) groups excluding carboxylic acids is 1. The number of hydrogen-bond donors (Lipinski definition) is 2. The number of halogens is 1. The molecule has 0 saturated carbocycles. The maximum Gasteiger partial charge on any atom is 0.232 e. The molecule has 0 spiro atoms. The number of nitrogens with one attached hydrogen (secondary N) is 1. The number of hydrogen-bond acceptors (Lipinski definition) is 3. The van der Waals surface area contributed by atoms with Crippen molar-refractivity contribution in [3.05, 3.63) is 29.8 Å². The average Bonchev–Trinajstić information content (AvgIpc) is 2.28. The Morgan fingerprint density at radius 1 is 1.28 bits per heavy atom. The molecule has 7 heteroatoms. The van der Waals surface area contributed by atoms with E-state index in [-0.39, 0.29) is 12.2 Å². The summed E-state index contributed by atoms with van der Waals surface area (Å²) in [6.07, 6.45) is 0.538. The van der Waals surface area contributed by atoms with E-state index in [1.807, 2.05) is 0 Å². The SMILES string of the molecule is NC(=O)Cc1ccc(NS(=O)(=O)CCCCl)cc1. The highest BCUT2D eigenvalue weighted by atomic mass is 35.5. The van der Waals surface area contributed by atoms with Gasteiger partial charge in [0, 0.05) is 11.6 Å². The lowest BCUT2D eigenvalue weighted by Crippen LogP contribution is -2.17. The molecular weight excluding hydrogens is 276 g/mol. The lowest BCUT2D eigenvalue weighted by atomic mass is 10.1. The fourth-order valence-corrected chi connectivity index (χ4v) is 2.78. The number of primary amides is 1. The molecular formula is C11H15ClN2O3S. The van der Waals surface area contributed by atoms with E-state index in [1.165, 1.54) is 0 Å². The Hall–Kier alpha value is -1.27. The number of nitrogens with two attached hydrogens (primary N) is 1. The zero-order valence-corrected chi connectivity index (χ0v) is 11.3. The van der Waals surface area contributed by atoms with Crippen LogP contribution in [0, 0.1) is 0 Å². The van der Waals surface area contributed by atoms with Crippen LogP contribution in [0.5, 0.6) is 0 Å². The van der Waals surface area contributed by atoms with E-state index < -0.39 is 15.9 Å². The fourth-order valence-electron chi connectivity index (χ4n) is 1.37. The Kier molecular flexibility index (Phi) is 5.43. The van der Waals surface area contributed by atoms with E-state index in [2.05, 4.69) is 4.72 Å². The number of rotatable bonds is 7. The Morgan fingerprint density at radius 2 is 1.89 bits per heavy atom. The highest BCUT2D eigenvalue weighted by Crippen LogP contribution is 2.12. The van der Waals surface area contributed by atoms with E-state index >= 15 is 0 Å². The quantitative estimate of drug-likeness (QED) is 0.737. The summed E-state index contributed by atoms with van der Waals surface area (Å²) in [4.78, 5) is 10.7. The van der Waals surface area contributed by atoms with Crippen molar-refractivity contribution in [2.75, 3.05) is 16.4 Å². The van der Waals surface area contributed by atoms with Gasteiger partial charge in [-0.25, -0.2) is 8.42 Å². The fraction of sp³-hybridized carbons (Fsp3) is 0.364. The molecule has 0 aromatic heterocycles. The van der Waals surface area contributed by atoms with Crippen LogP contribution in [-0.2, 0) is 21.2 Å². The van der Waals surface area contributed by atoms with E-state index in [9.17, 15) is 13.2 Å². The highest BCUT2D eigenvalue weighted by Gasteiger charge is 2.09. The van der Waals surface area contributed by atoms with Crippen molar-refractivity contribution in [1.29, 1.82) is 0 Å². The summed E-state index contributed by atoms with van der Waals surface area (Å²) in [5, 5.41) is 0. The van der Waals surface area contributed by atoms with Crippen LogP contribution in [0.15, 0.2) is 24.3 Å². The van der Waals surface area contributed by atoms with Crippen LogP contribution < -0.4 is 10.5 Å². The molecule has 1 amide bonds. The zero-order valence-electron chi connectivity index (χ0n) is 9.73. The minimum atomic E-state index is -3.36. The van der Waals surface area contributed by atoms with Crippen LogP contribution in [0.4, 0.5) is 5.69 Å². The van der Waals surface area contributed by atoms with Gasteiger partial charge in [-0.1, -0.05) is 12.1 Å². The van der Waals surface area contributed by atoms with Gasteiger partial charge < -0.3 is 5.73 Å². The second kappa shape index (κ2) is 6.61. The first-order valence-electron chi connectivity index (χ1n) is 5.36. The second-order valence-electron chi connectivity index (χ2n) is 3.80. The van der Waals surface area contributed by atoms with Crippen molar-refractivity contribution >= 4 is 33.2 Å². The Bertz CT molecular complexity index is 500. The van der Waals surface area contributed by atoms with Crippen molar-refractivity contribution in [1.82, 2.24) is 0 Å². The normalized spacial score (nSPS) is 11.2. The minimum Gasteiger partial charge on any atom is -0.369 e. The average molecular weight is 291 g/mol. The van der Waals surface area contributed by atoms with Crippen LogP contribution >= 0.6 is 11.6 Å². The third-order valence-electron chi connectivity index (χ3n) is 2.15. The van der Waals surface area contributed by atoms with Crippen molar-refractivity contribution in [3.8, 4) is 0 Å². The summed E-state index contributed by atoms with van der Waals surface area (Å²) in [7, 11) is -3.36. The first-order chi connectivity index (χ1) is 8.43. The zero-order chi connectivity index (χ0) is 13.6. The van der Waals surface area contributed by atoms with Gasteiger partial charge in [-0.2, -0.15) is 0 Å². The number of carbonyl (C=O) groups is 1. The molecule has 1 rings (SSSR count). The van der Waals surface area contributed by atoms with E-state index in [4.69, 9.17) is 17.3 Å². The molecule has 0 bridgehead atoms. The molecule has 18 heavy (non-hydrogen) atoms. The maximum absolute atomic E-state index is 11.6. The molecule has 0 aliphatic rings. The molecule has 0 aliphatic carbocycles. The third-order valence-corrected chi connectivity index (χ3v) is 3.79. The molecule has 1 aromatic carbocycles. The summed E-state index contributed by atoms with van der Waals surface area (Å²) < 4.78 is 25.6. The molecule has 100 valence electrons. The Morgan fingerprint density at radius 3 is 2.39 bits per heavy atom. The van der Waals surface area contributed by atoms with Crippen molar-refractivity contribution in [2.45, 2.75) is 12.8 Å². The van der Waals surface area contributed by atoms with Crippen molar-refractivity contribution in [2.24, 2.45) is 5.73 Å². The van der Waals surface area contributed by atoms with Gasteiger partial charge in [0.15, 0.2) is 0 Å². The smallest absolute Gasteiger partial charge is 0.232 e. The number of benzene rings is 1. The summed E-state index contributed by atoms with van der Waals surface area (Å²) >= 11 is 5.44. The number of alkyl halides is 1. The van der Waals surface area contributed by atoms with Gasteiger partial charge in [0.25, 0.3) is 0 Å². The van der Waals surface area contributed by atoms with Crippen LogP contribution in [0.2, 0.25) is 0 Å². The molecule has 0 saturated heterocycles. The summed E-state index contributed by atoms with van der Waals surface area (Å²) in [6, 6.07) is 6.50. The van der Waals surface area contributed by atoms with Gasteiger partial charge in [-0.05, 0) is 24.1 Å². The molecule has 0 aliphatic heterocycles. The van der Waals surface area contributed by atoms with Gasteiger partial charge >= 0.3 is 0 Å². The van der Waals surface area contributed by atoms with Gasteiger partial charge in [-0.3, -0.25) is 9.52 Å². The maximum atomic E-state index is 11.6. The summed E-state index contributed by atoms with van der Waals surface area (Å²) in [5.74, 6) is -0.136. The molecule has 5 nitrogen and oxygen atoms in total. The monoisotopic (exact) mass is 290 g/mol. The molecule has 3 N–H and O–H groups in total. The first-order valence-corrected chi connectivity index (χ1v) is 7.55. The van der Waals surface area contributed by atoms with Crippen molar-refractivity contribution < 1.29 is 13.2 Å². The van der Waals surface area contributed by atoms with Gasteiger partial charge in [-0.15, -0.1) is 11.6 Å². The summed E-state index contributed by atoms with van der Waals surface area (Å²) in [6.45, 7) is 0. The van der Waals surface area contributed by atoms with E-state index in [1.54, 1.807) is 24.3 Å². The number of amides is 1. The molecule has 0 radical (unpaired) electrons. The van der Waals surface area contributed by atoms with Gasteiger partial charge in [0.2, 0.25) is 15.9 Å². The molecule has 0 fully saturated rings. The van der Waals surface area contributed by atoms with Crippen LogP contribution in [0.3, 0.4) is 0 Å².